The molecule has 0 saturated heterocycles. The van der Waals surface area contributed by atoms with Gasteiger partial charge < -0.3 is 20.5 Å². The number of methoxy groups -OCH3 is 1. The van der Waals surface area contributed by atoms with Crippen LogP contribution in [0.25, 0.3) is 0 Å². The van der Waals surface area contributed by atoms with Crippen molar-refractivity contribution in [1.82, 2.24) is 0 Å². The summed E-state index contributed by atoms with van der Waals surface area (Å²) in [5.41, 5.74) is 7.15. The van der Waals surface area contributed by atoms with E-state index in [2.05, 4.69) is 10.1 Å². The molecular weight excluding hydrogens is 422 g/mol. The number of nitrogens with zero attached hydrogens (tertiary/aromatic N) is 1. The van der Waals surface area contributed by atoms with Crippen LogP contribution in [0.3, 0.4) is 0 Å². The number of carbonyl (C=O) groups is 4. The molecule has 9 nitrogen and oxygen atoms in total. The number of primary amides is 1. The van der Waals surface area contributed by atoms with Gasteiger partial charge in [-0.15, -0.1) is 11.3 Å². The Kier molecular flexibility index (Phi) is 6.91. The number of rotatable bonds is 6. The van der Waals surface area contributed by atoms with Crippen molar-refractivity contribution in [1.29, 1.82) is 0 Å². The summed E-state index contributed by atoms with van der Waals surface area (Å²) in [5.74, 6) is -1.96. The van der Waals surface area contributed by atoms with E-state index < -0.39 is 30.5 Å². The van der Waals surface area contributed by atoms with E-state index in [1.165, 1.54) is 31.6 Å². The van der Waals surface area contributed by atoms with Crippen molar-refractivity contribution in [3.8, 4) is 0 Å². The highest BCUT2D eigenvalue weighted by atomic mass is 32.1. The van der Waals surface area contributed by atoms with Gasteiger partial charge in [0.15, 0.2) is 6.61 Å². The zero-order valence-corrected chi connectivity index (χ0v) is 18.0. The van der Waals surface area contributed by atoms with Gasteiger partial charge in [0.1, 0.15) is 5.00 Å². The summed E-state index contributed by atoms with van der Waals surface area (Å²) in [6, 6.07) is 6.30. The van der Waals surface area contributed by atoms with Crippen LogP contribution in [0.2, 0.25) is 0 Å². The quantitative estimate of drug-likeness (QED) is 0.658. The van der Waals surface area contributed by atoms with Crippen LogP contribution < -0.4 is 16.0 Å². The van der Waals surface area contributed by atoms with Crippen molar-refractivity contribution in [2.24, 2.45) is 5.73 Å². The summed E-state index contributed by atoms with van der Waals surface area (Å²) >= 11 is 1.33. The van der Waals surface area contributed by atoms with E-state index in [1.54, 1.807) is 18.2 Å². The average Bonchev–Trinajstić information content (AvgIpc) is 3.14. The number of hydrogen-bond donors (Lipinski definition) is 2. The number of benzene rings is 1. The Morgan fingerprint density at radius 1 is 1.16 bits per heavy atom. The molecule has 31 heavy (non-hydrogen) atoms. The number of fused-ring (bicyclic) bond motifs is 1. The summed E-state index contributed by atoms with van der Waals surface area (Å²) in [4.78, 5) is 50.8. The van der Waals surface area contributed by atoms with Crippen molar-refractivity contribution in [2.75, 3.05) is 31.0 Å². The Morgan fingerprint density at radius 3 is 2.58 bits per heavy atom. The van der Waals surface area contributed by atoms with Crippen LogP contribution in [0.15, 0.2) is 24.3 Å². The minimum absolute atomic E-state index is 0.104. The molecule has 0 aliphatic heterocycles. The monoisotopic (exact) mass is 445 g/mol. The zero-order chi connectivity index (χ0) is 22.5. The van der Waals surface area contributed by atoms with E-state index in [4.69, 9.17) is 10.5 Å². The Balaban J connectivity index is 1.69. The topological polar surface area (TPSA) is 128 Å². The van der Waals surface area contributed by atoms with Gasteiger partial charge >= 0.3 is 12.1 Å². The maximum absolute atomic E-state index is 12.5. The van der Waals surface area contributed by atoms with Crippen molar-refractivity contribution in [3.63, 3.8) is 0 Å². The van der Waals surface area contributed by atoms with Gasteiger partial charge in [-0.05, 0) is 43.4 Å². The van der Waals surface area contributed by atoms with Gasteiger partial charge in [0.2, 0.25) is 0 Å². The molecule has 0 bridgehead atoms. The normalized spacial score (nSPS) is 12.5. The first-order valence-corrected chi connectivity index (χ1v) is 10.5. The number of amides is 3. The smallest absolute Gasteiger partial charge is 0.413 e. The first kappa shape index (κ1) is 22.3. The summed E-state index contributed by atoms with van der Waals surface area (Å²) in [5, 5.41) is 3.02. The number of hydrogen-bond acceptors (Lipinski definition) is 7. The van der Waals surface area contributed by atoms with Gasteiger partial charge in [-0.1, -0.05) is 12.1 Å². The largest absolute Gasteiger partial charge is 0.452 e. The number of ether oxygens (including phenoxy) is 2. The lowest BCUT2D eigenvalue weighted by atomic mass is 9.95. The van der Waals surface area contributed by atoms with Crippen LogP contribution in [-0.4, -0.2) is 44.6 Å². The van der Waals surface area contributed by atoms with Crippen molar-refractivity contribution in [2.45, 2.75) is 25.7 Å². The lowest BCUT2D eigenvalue weighted by Gasteiger charge is -2.18. The summed E-state index contributed by atoms with van der Waals surface area (Å²) in [7, 11) is 2.68. The third-order valence-electron chi connectivity index (χ3n) is 4.94. The molecule has 1 aromatic heterocycles. The molecule has 0 unspecified atom stereocenters. The van der Waals surface area contributed by atoms with E-state index in [0.29, 0.717) is 10.6 Å². The third kappa shape index (κ3) is 4.85. The Morgan fingerprint density at radius 2 is 1.87 bits per heavy atom. The van der Waals surface area contributed by atoms with Crippen LogP contribution in [0.1, 0.15) is 44.0 Å². The summed E-state index contributed by atoms with van der Waals surface area (Å²) < 4.78 is 9.79. The van der Waals surface area contributed by atoms with Gasteiger partial charge in [0.25, 0.3) is 11.8 Å². The molecule has 0 atom stereocenters. The number of aryl methyl sites for hydroxylation is 1. The summed E-state index contributed by atoms with van der Waals surface area (Å²) in [6.07, 6.45) is 2.93. The fraction of sp³-hybridized carbons (Fsp3) is 0.333. The molecule has 2 aromatic rings. The fourth-order valence-electron chi connectivity index (χ4n) is 3.46. The molecular formula is C21H23N3O6S. The summed E-state index contributed by atoms with van der Waals surface area (Å²) in [6.45, 7) is -0.560. The van der Waals surface area contributed by atoms with Crippen molar-refractivity contribution < 1.29 is 28.7 Å². The van der Waals surface area contributed by atoms with Crippen LogP contribution >= 0.6 is 11.3 Å². The number of esters is 1. The van der Waals surface area contributed by atoms with Crippen LogP contribution in [0.4, 0.5) is 15.5 Å². The van der Waals surface area contributed by atoms with E-state index in [0.717, 1.165) is 41.0 Å². The molecule has 0 fully saturated rings. The molecule has 1 aromatic carbocycles. The van der Waals surface area contributed by atoms with E-state index in [9.17, 15) is 19.2 Å². The zero-order valence-electron chi connectivity index (χ0n) is 17.2. The fourth-order valence-corrected chi connectivity index (χ4v) is 4.77. The standard InChI is InChI=1S/C21H23N3O6S/c1-24(21(28)29-2)14-9-5-3-7-12(14)20(27)30-11-16(25)23-19-17(18(22)26)13-8-4-6-10-15(13)31-19/h3,5,7,9H,4,6,8,10-11H2,1-2H3,(H2,22,26)(H,23,25). The van der Waals surface area contributed by atoms with Gasteiger partial charge in [-0.25, -0.2) is 9.59 Å². The molecule has 164 valence electrons. The SMILES string of the molecule is COC(=O)N(C)c1ccccc1C(=O)OCC(=O)Nc1sc2c(c1C(N)=O)CCCC2. The molecule has 3 rings (SSSR count). The Bertz CT molecular complexity index is 1030. The average molecular weight is 445 g/mol. The molecule has 1 aliphatic carbocycles. The minimum atomic E-state index is -0.776. The maximum atomic E-state index is 12.5. The highest BCUT2D eigenvalue weighted by molar-refractivity contribution is 7.17. The molecule has 1 aliphatic rings. The number of nitrogens with one attached hydrogen (secondary N) is 1. The van der Waals surface area contributed by atoms with Gasteiger partial charge in [0, 0.05) is 11.9 Å². The van der Waals surface area contributed by atoms with E-state index in [-0.39, 0.29) is 11.3 Å². The molecule has 10 heteroatoms. The molecule has 0 spiro atoms. The highest BCUT2D eigenvalue weighted by Crippen LogP contribution is 2.37. The highest BCUT2D eigenvalue weighted by Gasteiger charge is 2.25. The number of anilines is 2. The number of thiophene rings is 1. The predicted octanol–water partition coefficient (Wildman–Crippen LogP) is 2.72. The minimum Gasteiger partial charge on any atom is -0.452 e. The maximum Gasteiger partial charge on any atom is 0.413 e. The number of para-hydroxylation sites is 1. The van der Waals surface area contributed by atoms with Crippen molar-refractivity contribution >= 4 is 45.9 Å². The lowest BCUT2D eigenvalue weighted by Crippen LogP contribution is -2.28. The Hall–Kier alpha value is -3.40. The van der Waals surface area contributed by atoms with E-state index in [1.807, 2.05) is 0 Å². The second-order valence-corrected chi connectivity index (χ2v) is 8.05. The van der Waals surface area contributed by atoms with Crippen LogP contribution in [0, 0.1) is 0 Å². The van der Waals surface area contributed by atoms with Crippen LogP contribution in [-0.2, 0) is 27.1 Å². The molecule has 3 amide bonds. The molecule has 0 saturated carbocycles. The van der Waals surface area contributed by atoms with E-state index >= 15 is 0 Å². The molecule has 1 heterocycles. The lowest BCUT2D eigenvalue weighted by molar-refractivity contribution is -0.119. The predicted molar refractivity (Wildman–Crippen MR) is 116 cm³/mol. The first-order valence-electron chi connectivity index (χ1n) is 9.65. The van der Waals surface area contributed by atoms with Gasteiger partial charge in [-0.2, -0.15) is 0 Å². The number of nitrogens with two attached hydrogens (primary N) is 1. The molecule has 0 radical (unpaired) electrons. The van der Waals surface area contributed by atoms with Gasteiger partial charge in [-0.3, -0.25) is 14.5 Å². The van der Waals surface area contributed by atoms with Crippen LogP contribution in [0.5, 0.6) is 0 Å². The van der Waals surface area contributed by atoms with Gasteiger partial charge in [0.05, 0.1) is 23.9 Å². The second-order valence-electron chi connectivity index (χ2n) is 6.95. The molecule has 3 N–H and O–H groups in total. The van der Waals surface area contributed by atoms with Crippen molar-refractivity contribution in [3.05, 3.63) is 45.8 Å². The third-order valence-corrected chi connectivity index (χ3v) is 6.15. The first-order chi connectivity index (χ1) is 14.8. The second kappa shape index (κ2) is 9.61. The Labute approximate surface area is 183 Å². The number of carbonyl (C=O) groups excluding carboxylic acids is 4.